The molecule has 4 N–H and O–H groups in total. The van der Waals surface area contributed by atoms with Crippen LogP contribution in [-0.4, -0.2) is 54.4 Å². The van der Waals surface area contributed by atoms with Gasteiger partial charge in [-0.25, -0.2) is 0 Å². The van der Waals surface area contributed by atoms with Crippen LogP contribution in [0.2, 0.25) is 0 Å². The van der Waals surface area contributed by atoms with Crippen molar-refractivity contribution in [2.45, 2.75) is 44.4 Å². The number of piperidine rings is 1. The van der Waals surface area contributed by atoms with Crippen molar-refractivity contribution in [3.63, 3.8) is 0 Å². The maximum Gasteiger partial charge on any atom is 0.253 e. The van der Waals surface area contributed by atoms with E-state index in [0.29, 0.717) is 19.1 Å². The zero-order chi connectivity index (χ0) is 17.6. The van der Waals surface area contributed by atoms with E-state index in [1.807, 2.05) is 18.2 Å². The third-order valence-corrected chi connectivity index (χ3v) is 5.23. The number of hydrogen-bond donors (Lipinski definition) is 3. The molecule has 2 atom stereocenters. The van der Waals surface area contributed by atoms with Gasteiger partial charge in [0.1, 0.15) is 6.10 Å². The number of likely N-dealkylation sites (tertiary alicyclic amines) is 1. The minimum Gasteiger partial charge on any atom is -0.396 e. The van der Waals surface area contributed by atoms with Gasteiger partial charge in [-0.05, 0) is 62.4 Å². The van der Waals surface area contributed by atoms with Gasteiger partial charge in [0.2, 0.25) is 0 Å². The first-order valence-corrected chi connectivity index (χ1v) is 9.26. The molecule has 2 saturated heterocycles. The number of aliphatic hydroxyl groups excluding tert-OH is 1. The fraction of sp³-hybridized carbons (Fsp3) is 0.632. The number of ether oxygens (including phenoxy) is 1. The number of amides is 1. The Hall–Kier alpha value is -1.47. The summed E-state index contributed by atoms with van der Waals surface area (Å²) in [7, 11) is 0. The van der Waals surface area contributed by atoms with Gasteiger partial charge in [-0.15, -0.1) is 0 Å². The van der Waals surface area contributed by atoms with Gasteiger partial charge in [0, 0.05) is 25.4 Å². The van der Waals surface area contributed by atoms with Crippen LogP contribution in [0.1, 0.15) is 31.2 Å². The van der Waals surface area contributed by atoms with E-state index in [1.165, 1.54) is 5.56 Å². The Morgan fingerprint density at radius 1 is 1.28 bits per heavy atom. The Morgan fingerprint density at radius 3 is 2.76 bits per heavy atom. The molecule has 0 bridgehead atoms. The molecule has 0 aliphatic carbocycles. The molecule has 0 saturated carbocycles. The molecule has 2 heterocycles. The van der Waals surface area contributed by atoms with Gasteiger partial charge in [0.25, 0.3) is 5.91 Å². The molecular formula is C19H29N3O3. The molecule has 6 heteroatoms. The molecule has 0 unspecified atom stereocenters. The van der Waals surface area contributed by atoms with Crippen LogP contribution in [0.4, 0.5) is 5.69 Å². The van der Waals surface area contributed by atoms with Crippen molar-refractivity contribution in [3.8, 4) is 0 Å². The summed E-state index contributed by atoms with van der Waals surface area (Å²) in [5.74, 6) is 0.363. The lowest BCUT2D eigenvalue weighted by Gasteiger charge is -2.31. The molecule has 0 radical (unpaired) electrons. The number of aliphatic hydroxyl groups is 1. The van der Waals surface area contributed by atoms with Crippen molar-refractivity contribution < 1.29 is 14.6 Å². The van der Waals surface area contributed by atoms with Crippen molar-refractivity contribution in [1.82, 2.24) is 4.90 Å². The maximum absolute atomic E-state index is 12.3. The summed E-state index contributed by atoms with van der Waals surface area (Å²) in [4.78, 5) is 14.7. The van der Waals surface area contributed by atoms with Crippen LogP contribution in [0.15, 0.2) is 24.3 Å². The summed E-state index contributed by atoms with van der Waals surface area (Å²) in [6.07, 6.45) is 3.28. The number of nitrogens with two attached hydrogens (primary N) is 1. The molecule has 138 valence electrons. The molecule has 2 aliphatic rings. The summed E-state index contributed by atoms with van der Waals surface area (Å²) in [5.41, 5.74) is 7.60. The van der Waals surface area contributed by atoms with Crippen LogP contribution in [0.3, 0.4) is 0 Å². The van der Waals surface area contributed by atoms with Crippen LogP contribution in [0, 0.1) is 5.92 Å². The predicted molar refractivity (Wildman–Crippen MR) is 97.1 cm³/mol. The Bertz CT molecular complexity index is 573. The highest BCUT2D eigenvalue weighted by Crippen LogP contribution is 2.22. The average molecular weight is 347 g/mol. The Kier molecular flexibility index (Phi) is 6.42. The minimum absolute atomic E-state index is 0.00364. The quantitative estimate of drug-likeness (QED) is 0.723. The zero-order valence-electron chi connectivity index (χ0n) is 14.7. The van der Waals surface area contributed by atoms with Crippen molar-refractivity contribution in [3.05, 3.63) is 29.8 Å². The number of rotatable bonds is 6. The van der Waals surface area contributed by atoms with Crippen LogP contribution in [0.5, 0.6) is 0 Å². The van der Waals surface area contributed by atoms with Crippen molar-refractivity contribution >= 4 is 11.6 Å². The predicted octanol–water partition coefficient (Wildman–Crippen LogP) is 1.34. The highest BCUT2D eigenvalue weighted by molar-refractivity contribution is 5.94. The van der Waals surface area contributed by atoms with Crippen LogP contribution in [0.25, 0.3) is 0 Å². The molecule has 0 spiro atoms. The number of nitrogens with zero attached hydrogens (tertiary/aromatic N) is 1. The smallest absolute Gasteiger partial charge is 0.253 e. The standard InChI is InChI=1S/C19H29N3O3/c20-11-17-4-5-18(25-17)19(24)21-16-3-1-2-15(10-16)12-22-8-6-14(13-23)7-9-22/h1-3,10,14,17-18,23H,4-9,11-13,20H2,(H,21,24)/t17-,18+/m1/s1. The largest absolute Gasteiger partial charge is 0.396 e. The molecule has 1 aromatic rings. The summed E-state index contributed by atoms with van der Waals surface area (Å²) in [5, 5.41) is 12.2. The van der Waals surface area contributed by atoms with E-state index < -0.39 is 6.10 Å². The zero-order valence-corrected chi connectivity index (χ0v) is 14.7. The molecule has 2 aliphatic heterocycles. The fourth-order valence-corrected chi connectivity index (χ4v) is 3.63. The van der Waals surface area contributed by atoms with Gasteiger partial charge in [0.15, 0.2) is 0 Å². The number of carbonyl (C=O) groups is 1. The Morgan fingerprint density at radius 2 is 2.08 bits per heavy atom. The summed E-state index contributed by atoms with van der Waals surface area (Å²) in [6, 6.07) is 8.01. The van der Waals surface area contributed by atoms with Gasteiger partial charge in [-0.1, -0.05) is 12.1 Å². The van der Waals surface area contributed by atoms with Crippen LogP contribution in [-0.2, 0) is 16.1 Å². The number of anilines is 1. The Balaban J connectivity index is 1.52. The van der Waals surface area contributed by atoms with Gasteiger partial charge in [-0.2, -0.15) is 0 Å². The summed E-state index contributed by atoms with van der Waals surface area (Å²) < 4.78 is 5.65. The summed E-state index contributed by atoms with van der Waals surface area (Å²) in [6.45, 7) is 3.66. The number of hydrogen-bond acceptors (Lipinski definition) is 5. The van der Waals surface area contributed by atoms with Crippen molar-refractivity contribution in [2.24, 2.45) is 11.7 Å². The Labute approximate surface area is 149 Å². The SMILES string of the molecule is NC[C@H]1CC[C@@H](C(=O)Nc2cccc(CN3CCC(CO)CC3)c2)O1. The van der Waals surface area contributed by atoms with Crippen molar-refractivity contribution in [1.29, 1.82) is 0 Å². The molecule has 1 aromatic carbocycles. The second-order valence-corrected chi connectivity index (χ2v) is 7.15. The lowest BCUT2D eigenvalue weighted by Crippen LogP contribution is -2.34. The lowest BCUT2D eigenvalue weighted by atomic mass is 9.97. The highest BCUT2D eigenvalue weighted by atomic mass is 16.5. The van der Waals surface area contributed by atoms with E-state index in [-0.39, 0.29) is 12.0 Å². The first-order chi connectivity index (χ1) is 12.2. The second kappa shape index (κ2) is 8.76. The van der Waals surface area contributed by atoms with Crippen molar-refractivity contribution in [2.75, 3.05) is 31.6 Å². The molecule has 0 aromatic heterocycles. The summed E-state index contributed by atoms with van der Waals surface area (Å²) >= 11 is 0. The molecule has 1 amide bonds. The molecule has 25 heavy (non-hydrogen) atoms. The molecular weight excluding hydrogens is 318 g/mol. The van der Waals surface area contributed by atoms with Gasteiger partial charge < -0.3 is 20.9 Å². The van der Waals surface area contributed by atoms with E-state index in [4.69, 9.17) is 10.5 Å². The third-order valence-electron chi connectivity index (χ3n) is 5.23. The van der Waals surface area contributed by atoms with E-state index in [9.17, 15) is 9.90 Å². The van der Waals surface area contributed by atoms with E-state index >= 15 is 0 Å². The molecule has 2 fully saturated rings. The van der Waals surface area contributed by atoms with Gasteiger partial charge in [0.05, 0.1) is 6.10 Å². The van der Waals surface area contributed by atoms with E-state index in [2.05, 4.69) is 16.3 Å². The van der Waals surface area contributed by atoms with Crippen LogP contribution >= 0.6 is 0 Å². The fourth-order valence-electron chi connectivity index (χ4n) is 3.63. The highest BCUT2D eigenvalue weighted by Gasteiger charge is 2.29. The minimum atomic E-state index is -0.394. The second-order valence-electron chi connectivity index (χ2n) is 7.15. The first-order valence-electron chi connectivity index (χ1n) is 9.26. The number of benzene rings is 1. The maximum atomic E-state index is 12.3. The normalized spacial score (nSPS) is 25.2. The monoisotopic (exact) mass is 347 g/mol. The molecule has 3 rings (SSSR count). The van der Waals surface area contributed by atoms with Gasteiger partial charge >= 0.3 is 0 Å². The first kappa shape index (κ1) is 18.3. The third kappa shape index (κ3) is 5.01. The van der Waals surface area contributed by atoms with Gasteiger partial charge in [-0.3, -0.25) is 9.69 Å². The number of nitrogens with one attached hydrogen (secondary N) is 1. The van der Waals surface area contributed by atoms with E-state index in [1.54, 1.807) is 0 Å². The van der Waals surface area contributed by atoms with E-state index in [0.717, 1.165) is 51.0 Å². The number of carbonyl (C=O) groups excluding carboxylic acids is 1. The lowest BCUT2D eigenvalue weighted by molar-refractivity contribution is -0.126. The van der Waals surface area contributed by atoms with Crippen LogP contribution < -0.4 is 11.1 Å². The average Bonchev–Trinajstić information content (AvgIpc) is 3.12. The topological polar surface area (TPSA) is 87.8 Å². The molecule has 6 nitrogen and oxygen atoms in total.